The summed E-state index contributed by atoms with van der Waals surface area (Å²) in [6.45, 7) is 0. The van der Waals surface area contributed by atoms with Gasteiger partial charge in [-0.1, -0.05) is 24.3 Å². The predicted octanol–water partition coefficient (Wildman–Crippen LogP) is 3.95. The van der Waals surface area contributed by atoms with Gasteiger partial charge in [-0.15, -0.1) is 0 Å². The van der Waals surface area contributed by atoms with Gasteiger partial charge in [0.2, 0.25) is 0 Å². The molecule has 150 valence electrons. The fourth-order valence-corrected chi connectivity index (χ4v) is 3.33. The molecule has 30 heavy (non-hydrogen) atoms. The zero-order valence-electron chi connectivity index (χ0n) is 15.4. The number of hydrogen-bond acceptors (Lipinski definition) is 5. The quantitative estimate of drug-likeness (QED) is 0.301. The predicted molar refractivity (Wildman–Crippen MR) is 108 cm³/mol. The lowest BCUT2D eigenvalue weighted by Crippen LogP contribution is -2.11. The molecule has 1 aromatic heterocycles. The third-order valence-electron chi connectivity index (χ3n) is 4.77. The van der Waals surface area contributed by atoms with Crippen molar-refractivity contribution in [2.75, 3.05) is 5.73 Å². The van der Waals surface area contributed by atoms with E-state index in [4.69, 9.17) is 5.73 Å². The van der Waals surface area contributed by atoms with Gasteiger partial charge in [-0.05, 0) is 35.4 Å². The van der Waals surface area contributed by atoms with Crippen molar-refractivity contribution in [3.63, 3.8) is 0 Å². The number of fused-ring (bicyclic) bond motifs is 1. The van der Waals surface area contributed by atoms with E-state index in [1.54, 1.807) is 24.3 Å². The van der Waals surface area contributed by atoms with Gasteiger partial charge in [-0.25, -0.2) is 13.9 Å². The molecule has 0 bridgehead atoms. The minimum Gasteiger partial charge on any atom is -0.393 e. The van der Waals surface area contributed by atoms with Crippen LogP contribution in [0.25, 0.3) is 21.9 Å². The number of nitrogens with one attached hydrogen (secondary N) is 1. The number of aromatic amines is 1. The van der Waals surface area contributed by atoms with E-state index in [2.05, 4.69) is 10.2 Å². The van der Waals surface area contributed by atoms with Crippen LogP contribution in [0.4, 0.5) is 20.2 Å². The molecule has 0 saturated carbocycles. The molecule has 0 aliphatic heterocycles. The molecule has 1 heterocycles. The Morgan fingerprint density at radius 2 is 1.80 bits per heavy atom. The summed E-state index contributed by atoms with van der Waals surface area (Å²) in [5.41, 5.74) is 5.60. The van der Waals surface area contributed by atoms with Crippen LogP contribution in [-0.2, 0) is 6.42 Å². The molecule has 0 spiro atoms. The Morgan fingerprint density at radius 1 is 1.07 bits per heavy atom. The number of nitrogens with zero attached hydrogens (tertiary/aromatic N) is 2. The van der Waals surface area contributed by atoms with Crippen molar-refractivity contribution in [1.82, 2.24) is 10.2 Å². The maximum absolute atomic E-state index is 14.5. The Labute approximate surface area is 167 Å². The lowest BCUT2D eigenvalue weighted by atomic mass is 9.98. The van der Waals surface area contributed by atoms with Gasteiger partial charge in [-0.3, -0.25) is 14.9 Å². The van der Waals surface area contributed by atoms with E-state index < -0.39 is 22.2 Å². The number of benzene rings is 3. The van der Waals surface area contributed by atoms with Gasteiger partial charge in [0.05, 0.1) is 16.0 Å². The first-order valence-electron chi connectivity index (χ1n) is 8.83. The summed E-state index contributed by atoms with van der Waals surface area (Å²) in [6.07, 6.45) is 0.110. The normalized spacial score (nSPS) is 11.0. The van der Waals surface area contributed by atoms with Crippen molar-refractivity contribution in [1.29, 1.82) is 0 Å². The SMILES string of the molecule is Nc1ccc(-c2cc(Cc3n[nH]c(=O)c4ccccc34)cc(F)c2F)cc1[N+](=O)[O-]. The van der Waals surface area contributed by atoms with E-state index in [9.17, 15) is 23.7 Å². The summed E-state index contributed by atoms with van der Waals surface area (Å²) < 4.78 is 28.8. The minimum absolute atomic E-state index is 0.0790. The van der Waals surface area contributed by atoms with E-state index >= 15 is 0 Å². The van der Waals surface area contributed by atoms with Crippen molar-refractivity contribution in [3.05, 3.63) is 98.0 Å². The summed E-state index contributed by atoms with van der Waals surface area (Å²) in [5.74, 6) is -2.23. The lowest BCUT2D eigenvalue weighted by molar-refractivity contribution is -0.383. The molecular weight excluding hydrogens is 394 g/mol. The first-order chi connectivity index (χ1) is 14.3. The van der Waals surface area contributed by atoms with Crippen molar-refractivity contribution < 1.29 is 13.7 Å². The van der Waals surface area contributed by atoms with Crippen molar-refractivity contribution in [2.24, 2.45) is 0 Å². The molecule has 0 aliphatic carbocycles. The second-order valence-corrected chi connectivity index (χ2v) is 6.69. The largest absolute Gasteiger partial charge is 0.393 e. The molecule has 0 radical (unpaired) electrons. The first kappa shape index (κ1) is 19.2. The van der Waals surface area contributed by atoms with Crippen LogP contribution in [-0.4, -0.2) is 15.1 Å². The molecule has 3 aromatic carbocycles. The first-order valence-corrected chi connectivity index (χ1v) is 8.83. The van der Waals surface area contributed by atoms with E-state index in [0.29, 0.717) is 22.0 Å². The molecule has 7 nitrogen and oxygen atoms in total. The van der Waals surface area contributed by atoms with Gasteiger partial charge in [0.15, 0.2) is 11.6 Å². The number of nitro benzene ring substituents is 1. The third-order valence-corrected chi connectivity index (χ3v) is 4.77. The zero-order chi connectivity index (χ0) is 21.4. The van der Waals surface area contributed by atoms with Crippen LogP contribution in [0.5, 0.6) is 0 Å². The van der Waals surface area contributed by atoms with Crippen molar-refractivity contribution in [3.8, 4) is 11.1 Å². The molecular formula is C21H14F2N4O3. The monoisotopic (exact) mass is 408 g/mol. The number of nitro groups is 1. The van der Waals surface area contributed by atoms with Crippen LogP contribution >= 0.6 is 0 Å². The van der Waals surface area contributed by atoms with Crippen LogP contribution in [0.2, 0.25) is 0 Å². The second kappa shape index (κ2) is 7.36. The van der Waals surface area contributed by atoms with Gasteiger partial charge in [0.25, 0.3) is 11.2 Å². The molecule has 9 heteroatoms. The number of aromatic nitrogens is 2. The Balaban J connectivity index is 1.82. The average molecular weight is 408 g/mol. The molecule has 4 aromatic rings. The number of halogens is 2. The van der Waals surface area contributed by atoms with Gasteiger partial charge in [0.1, 0.15) is 5.69 Å². The summed E-state index contributed by atoms with van der Waals surface area (Å²) in [5, 5.41) is 18.6. The Kier molecular flexibility index (Phi) is 4.71. The number of H-pyrrole nitrogens is 1. The van der Waals surface area contributed by atoms with Gasteiger partial charge >= 0.3 is 0 Å². The molecule has 0 amide bonds. The van der Waals surface area contributed by atoms with Gasteiger partial charge in [-0.2, -0.15) is 5.10 Å². The van der Waals surface area contributed by atoms with Crippen LogP contribution in [0.3, 0.4) is 0 Å². The highest BCUT2D eigenvalue weighted by Gasteiger charge is 2.18. The van der Waals surface area contributed by atoms with Gasteiger partial charge in [0, 0.05) is 23.4 Å². The van der Waals surface area contributed by atoms with Crippen LogP contribution in [0.15, 0.2) is 59.4 Å². The summed E-state index contributed by atoms with van der Waals surface area (Å²) in [4.78, 5) is 22.4. The highest BCUT2D eigenvalue weighted by Crippen LogP contribution is 2.32. The molecule has 4 rings (SSSR count). The Bertz CT molecular complexity index is 1370. The topological polar surface area (TPSA) is 115 Å². The second-order valence-electron chi connectivity index (χ2n) is 6.69. The van der Waals surface area contributed by atoms with E-state index in [-0.39, 0.29) is 28.8 Å². The summed E-state index contributed by atoms with van der Waals surface area (Å²) >= 11 is 0. The number of rotatable bonds is 4. The fraction of sp³-hybridized carbons (Fsp3) is 0.0476. The van der Waals surface area contributed by atoms with Crippen LogP contribution in [0, 0.1) is 21.7 Å². The third kappa shape index (κ3) is 3.37. The molecule has 0 fully saturated rings. The molecule has 0 saturated heterocycles. The lowest BCUT2D eigenvalue weighted by Gasteiger charge is -2.10. The molecule has 3 N–H and O–H groups in total. The van der Waals surface area contributed by atoms with Crippen molar-refractivity contribution >= 4 is 22.1 Å². The fourth-order valence-electron chi connectivity index (χ4n) is 3.33. The number of anilines is 1. The smallest absolute Gasteiger partial charge is 0.292 e. The molecule has 0 aliphatic rings. The summed E-state index contributed by atoms with van der Waals surface area (Å²) in [7, 11) is 0. The van der Waals surface area contributed by atoms with Gasteiger partial charge < -0.3 is 5.73 Å². The number of nitrogens with two attached hydrogens (primary N) is 1. The van der Waals surface area contributed by atoms with Crippen LogP contribution in [0.1, 0.15) is 11.3 Å². The number of nitrogen functional groups attached to an aromatic ring is 1. The van der Waals surface area contributed by atoms with Crippen LogP contribution < -0.4 is 11.3 Å². The minimum atomic E-state index is -1.13. The molecule has 0 atom stereocenters. The zero-order valence-corrected chi connectivity index (χ0v) is 15.4. The highest BCUT2D eigenvalue weighted by molar-refractivity contribution is 5.83. The number of hydrogen-bond donors (Lipinski definition) is 2. The van der Waals surface area contributed by atoms with E-state index in [1.807, 2.05) is 0 Å². The van der Waals surface area contributed by atoms with E-state index in [0.717, 1.165) is 12.1 Å². The average Bonchev–Trinajstić information content (AvgIpc) is 2.73. The van der Waals surface area contributed by atoms with Crippen molar-refractivity contribution in [2.45, 2.75) is 6.42 Å². The van der Waals surface area contributed by atoms with E-state index in [1.165, 1.54) is 18.2 Å². The summed E-state index contributed by atoms with van der Waals surface area (Å²) in [6, 6.07) is 13.0. The molecule has 0 unspecified atom stereocenters. The maximum Gasteiger partial charge on any atom is 0.292 e. The Hall–Kier alpha value is -4.14. The standard InChI is InChI=1S/C21H14F2N4O3/c22-16-8-11(9-18-13-3-1-2-4-14(13)21(28)26-25-18)7-15(20(16)23)12-5-6-17(24)19(10-12)27(29)30/h1-8,10H,9,24H2,(H,26,28). The highest BCUT2D eigenvalue weighted by atomic mass is 19.2. The maximum atomic E-state index is 14.5. The Morgan fingerprint density at radius 3 is 2.53 bits per heavy atom.